The third-order valence-electron chi connectivity index (χ3n) is 5.73. The maximum absolute atomic E-state index is 12.2. The van der Waals surface area contributed by atoms with Crippen LogP contribution >= 0.6 is 0 Å². The molecule has 1 aromatic carbocycles. The molecule has 160 valence electrons. The molecule has 1 amide bonds. The fraction of sp³-hybridized carbons (Fsp3) is 0.455. The zero-order valence-electron chi connectivity index (χ0n) is 17.4. The molecule has 3 heterocycles. The monoisotopic (exact) mass is 411 g/mol. The number of hydrogen-bond donors (Lipinski definition) is 2. The number of hydrogen-bond acceptors (Lipinski definition) is 6. The molecule has 0 spiro atoms. The van der Waals surface area contributed by atoms with Crippen molar-refractivity contribution in [3.8, 4) is 0 Å². The van der Waals surface area contributed by atoms with Crippen molar-refractivity contribution in [3.63, 3.8) is 0 Å². The number of nitrogens with zero attached hydrogens (tertiary/aromatic N) is 4. The molecular weight excluding hydrogens is 382 g/mol. The Bertz CT molecular complexity index is 830. The lowest BCUT2D eigenvalue weighted by atomic mass is 9.89. The number of carboxylic acid groups (broad SMARTS) is 1. The minimum atomic E-state index is -0.250. The van der Waals surface area contributed by atoms with Crippen LogP contribution < -0.4 is 5.32 Å². The standard InChI is InChI=1S/C21H27N5O.CH2O2/c1-3-22-21-23-9-16(10-24-21)11-25-12-18-13-26(15(2)27)20(19(18)14-25)17-7-5-4-6-8-17;2-1-3/h4-10,18-20H,3,11-14H2,1-2H3,(H,22,23,24);1H,(H,2,3)/t18-,19-,20+;/m1./s1. The second-order valence-corrected chi connectivity index (χ2v) is 7.70. The van der Waals surface area contributed by atoms with Crippen LogP contribution in [0, 0.1) is 11.8 Å². The molecule has 0 radical (unpaired) electrons. The van der Waals surface area contributed by atoms with Crippen molar-refractivity contribution < 1.29 is 14.7 Å². The van der Waals surface area contributed by atoms with E-state index in [1.165, 1.54) is 5.56 Å². The molecule has 2 aliphatic rings. The van der Waals surface area contributed by atoms with E-state index >= 15 is 0 Å². The maximum Gasteiger partial charge on any atom is 0.290 e. The van der Waals surface area contributed by atoms with Crippen molar-refractivity contribution in [2.75, 3.05) is 31.5 Å². The Morgan fingerprint density at radius 1 is 1.20 bits per heavy atom. The van der Waals surface area contributed by atoms with E-state index < -0.39 is 0 Å². The second-order valence-electron chi connectivity index (χ2n) is 7.70. The van der Waals surface area contributed by atoms with Gasteiger partial charge in [0, 0.05) is 63.5 Å². The van der Waals surface area contributed by atoms with E-state index in [9.17, 15) is 4.79 Å². The summed E-state index contributed by atoms with van der Waals surface area (Å²) in [7, 11) is 0. The second kappa shape index (κ2) is 10.2. The normalized spacial score (nSPS) is 22.7. The van der Waals surface area contributed by atoms with E-state index in [1.54, 1.807) is 6.92 Å². The predicted molar refractivity (Wildman–Crippen MR) is 114 cm³/mol. The van der Waals surface area contributed by atoms with Crippen molar-refractivity contribution >= 4 is 18.3 Å². The molecule has 8 heteroatoms. The van der Waals surface area contributed by atoms with Crippen LogP contribution in [-0.4, -0.2) is 63.4 Å². The Morgan fingerprint density at radius 2 is 1.87 bits per heavy atom. The largest absolute Gasteiger partial charge is 0.483 e. The number of aromatic nitrogens is 2. The number of benzene rings is 1. The van der Waals surface area contributed by atoms with Crippen LogP contribution in [-0.2, 0) is 16.1 Å². The summed E-state index contributed by atoms with van der Waals surface area (Å²) < 4.78 is 0. The molecule has 2 saturated heterocycles. The Labute approximate surface area is 176 Å². The van der Waals surface area contributed by atoms with E-state index in [0.29, 0.717) is 17.8 Å². The summed E-state index contributed by atoms with van der Waals surface area (Å²) in [5.74, 6) is 1.87. The fourth-order valence-electron chi connectivity index (χ4n) is 4.61. The number of fused-ring (bicyclic) bond motifs is 1. The average Bonchev–Trinajstić information content (AvgIpc) is 3.28. The minimum Gasteiger partial charge on any atom is -0.483 e. The van der Waals surface area contributed by atoms with Gasteiger partial charge in [0.15, 0.2) is 0 Å². The minimum absolute atomic E-state index is 0.178. The van der Waals surface area contributed by atoms with Gasteiger partial charge in [-0.2, -0.15) is 0 Å². The lowest BCUT2D eigenvalue weighted by Gasteiger charge is -2.29. The average molecular weight is 412 g/mol. The highest BCUT2D eigenvalue weighted by atomic mass is 16.3. The van der Waals surface area contributed by atoms with Gasteiger partial charge in [-0.15, -0.1) is 0 Å². The molecule has 2 N–H and O–H groups in total. The number of rotatable bonds is 5. The summed E-state index contributed by atoms with van der Waals surface area (Å²) in [6, 6.07) is 10.7. The molecular formula is C22H29N5O3. The molecule has 0 unspecified atom stereocenters. The first-order valence-corrected chi connectivity index (χ1v) is 10.2. The highest BCUT2D eigenvalue weighted by Gasteiger charge is 2.48. The number of carbonyl (C=O) groups is 2. The van der Waals surface area contributed by atoms with Crippen LogP contribution in [0.2, 0.25) is 0 Å². The van der Waals surface area contributed by atoms with Crippen LogP contribution in [0.4, 0.5) is 5.95 Å². The van der Waals surface area contributed by atoms with Crippen molar-refractivity contribution in [1.82, 2.24) is 19.8 Å². The van der Waals surface area contributed by atoms with Gasteiger partial charge in [0.25, 0.3) is 6.47 Å². The summed E-state index contributed by atoms with van der Waals surface area (Å²) in [6.45, 7) is 8.04. The van der Waals surface area contributed by atoms with E-state index in [4.69, 9.17) is 9.90 Å². The highest BCUT2D eigenvalue weighted by Crippen LogP contribution is 2.45. The molecule has 0 saturated carbocycles. The number of likely N-dealkylation sites (tertiary alicyclic amines) is 2. The summed E-state index contributed by atoms with van der Waals surface area (Å²) >= 11 is 0. The van der Waals surface area contributed by atoms with Crippen LogP contribution in [0.25, 0.3) is 0 Å². The van der Waals surface area contributed by atoms with E-state index in [-0.39, 0.29) is 18.4 Å². The van der Waals surface area contributed by atoms with Gasteiger partial charge in [0.05, 0.1) is 6.04 Å². The smallest absolute Gasteiger partial charge is 0.290 e. The molecule has 3 atom stereocenters. The lowest BCUT2D eigenvalue weighted by Crippen LogP contribution is -2.34. The molecule has 30 heavy (non-hydrogen) atoms. The SMILES string of the molecule is CCNc1ncc(CN2C[C@@H]3CN(C(C)=O)[C@@H](c4ccccc4)[C@@H]3C2)cn1.O=CO. The lowest BCUT2D eigenvalue weighted by molar-refractivity contribution is -0.130. The van der Waals surface area contributed by atoms with Crippen LogP contribution in [0.1, 0.15) is 31.0 Å². The molecule has 2 fully saturated rings. The first-order valence-electron chi connectivity index (χ1n) is 10.2. The maximum atomic E-state index is 12.2. The third-order valence-corrected chi connectivity index (χ3v) is 5.73. The molecule has 4 rings (SSSR count). The third kappa shape index (κ3) is 4.94. The summed E-state index contributed by atoms with van der Waals surface area (Å²) in [6.07, 6.45) is 3.82. The molecule has 0 aliphatic carbocycles. The number of nitrogens with one attached hydrogen (secondary N) is 1. The number of amides is 1. The van der Waals surface area contributed by atoms with Gasteiger partial charge in [-0.3, -0.25) is 14.5 Å². The van der Waals surface area contributed by atoms with Gasteiger partial charge in [0.1, 0.15) is 0 Å². The molecule has 2 aliphatic heterocycles. The van der Waals surface area contributed by atoms with E-state index in [0.717, 1.165) is 38.3 Å². The van der Waals surface area contributed by atoms with Crippen molar-refractivity contribution in [3.05, 3.63) is 53.9 Å². The van der Waals surface area contributed by atoms with Gasteiger partial charge in [-0.25, -0.2) is 9.97 Å². The fourth-order valence-corrected chi connectivity index (χ4v) is 4.61. The number of anilines is 1. The topological polar surface area (TPSA) is 98.7 Å². The first kappa shape index (κ1) is 21.7. The van der Waals surface area contributed by atoms with Gasteiger partial charge in [-0.1, -0.05) is 30.3 Å². The Balaban J connectivity index is 0.000000806. The summed E-state index contributed by atoms with van der Waals surface area (Å²) in [4.78, 5) is 33.9. The zero-order valence-corrected chi connectivity index (χ0v) is 17.4. The van der Waals surface area contributed by atoms with Crippen molar-refractivity contribution in [2.24, 2.45) is 11.8 Å². The zero-order chi connectivity index (χ0) is 21.5. The van der Waals surface area contributed by atoms with Gasteiger partial charge < -0.3 is 15.3 Å². The quantitative estimate of drug-likeness (QED) is 0.728. The highest BCUT2D eigenvalue weighted by molar-refractivity contribution is 5.74. The summed E-state index contributed by atoms with van der Waals surface area (Å²) in [5.41, 5.74) is 2.39. The Morgan fingerprint density at radius 3 is 2.47 bits per heavy atom. The molecule has 2 aromatic rings. The first-order chi connectivity index (χ1) is 14.6. The summed E-state index contributed by atoms with van der Waals surface area (Å²) in [5, 5.41) is 10.0. The van der Waals surface area contributed by atoms with Crippen molar-refractivity contribution in [1.29, 1.82) is 0 Å². The number of carbonyl (C=O) groups excluding carboxylic acids is 1. The van der Waals surface area contributed by atoms with Crippen LogP contribution in [0.5, 0.6) is 0 Å². The predicted octanol–water partition coefficient (Wildman–Crippen LogP) is 2.26. The van der Waals surface area contributed by atoms with E-state index in [2.05, 4.69) is 49.4 Å². The van der Waals surface area contributed by atoms with Crippen LogP contribution in [0.3, 0.4) is 0 Å². The molecule has 8 nitrogen and oxygen atoms in total. The van der Waals surface area contributed by atoms with E-state index in [1.807, 2.05) is 25.4 Å². The molecule has 0 bridgehead atoms. The van der Waals surface area contributed by atoms with Gasteiger partial charge >= 0.3 is 0 Å². The Kier molecular flexibility index (Phi) is 7.35. The Hall–Kier alpha value is -3.00. The van der Waals surface area contributed by atoms with Gasteiger partial charge in [-0.05, 0) is 18.4 Å². The van der Waals surface area contributed by atoms with Crippen LogP contribution in [0.15, 0.2) is 42.7 Å². The molecule has 1 aromatic heterocycles. The van der Waals surface area contributed by atoms with Gasteiger partial charge in [0.2, 0.25) is 11.9 Å². The van der Waals surface area contributed by atoms with Crippen molar-refractivity contribution in [2.45, 2.75) is 26.4 Å².